The van der Waals surface area contributed by atoms with Gasteiger partial charge in [-0.15, -0.1) is 0 Å². The van der Waals surface area contributed by atoms with Gasteiger partial charge >= 0.3 is 0 Å². The van der Waals surface area contributed by atoms with E-state index in [1.807, 2.05) is 41.3 Å². The molecule has 0 aliphatic carbocycles. The fraction of sp³-hybridized carbons (Fsp3) is 0.409. The first-order chi connectivity index (χ1) is 13.1. The van der Waals surface area contributed by atoms with Crippen molar-refractivity contribution in [2.24, 2.45) is 5.41 Å². The van der Waals surface area contributed by atoms with Crippen LogP contribution in [0.2, 0.25) is 0 Å². The van der Waals surface area contributed by atoms with Gasteiger partial charge in [0.25, 0.3) is 5.91 Å². The van der Waals surface area contributed by atoms with Crippen molar-refractivity contribution in [1.82, 2.24) is 4.90 Å². The van der Waals surface area contributed by atoms with Crippen LogP contribution >= 0.6 is 0 Å². The lowest BCUT2D eigenvalue weighted by Gasteiger charge is -2.41. The second-order valence-corrected chi connectivity index (χ2v) is 7.17. The van der Waals surface area contributed by atoms with Crippen LogP contribution in [0.5, 0.6) is 11.5 Å². The molecule has 0 unspecified atom stereocenters. The number of likely N-dealkylation sites (tertiary alicyclic amines) is 1. The Kier molecular flexibility index (Phi) is 6.35. The van der Waals surface area contributed by atoms with Crippen LogP contribution in [-0.2, 0) is 11.2 Å². The van der Waals surface area contributed by atoms with Gasteiger partial charge in [0, 0.05) is 31.2 Å². The number of ether oxygens (including phenoxy) is 2. The minimum atomic E-state index is -0.147. The number of rotatable bonds is 7. The van der Waals surface area contributed by atoms with Crippen molar-refractivity contribution in [3.63, 3.8) is 0 Å². The van der Waals surface area contributed by atoms with E-state index in [0.717, 1.165) is 19.3 Å². The van der Waals surface area contributed by atoms with E-state index in [1.54, 1.807) is 13.2 Å². The zero-order valence-corrected chi connectivity index (χ0v) is 15.8. The summed E-state index contributed by atoms with van der Waals surface area (Å²) in [5, 5.41) is 9.99. The highest BCUT2D eigenvalue weighted by molar-refractivity contribution is 5.77. The van der Waals surface area contributed by atoms with Crippen LogP contribution in [0, 0.1) is 5.41 Å². The lowest BCUT2D eigenvalue weighted by molar-refractivity contribution is -0.136. The van der Waals surface area contributed by atoms with Crippen LogP contribution < -0.4 is 9.47 Å². The van der Waals surface area contributed by atoms with Crippen molar-refractivity contribution in [2.75, 3.05) is 33.4 Å². The first kappa shape index (κ1) is 19.2. The molecule has 1 heterocycles. The zero-order valence-electron chi connectivity index (χ0n) is 15.8. The van der Waals surface area contributed by atoms with Crippen LogP contribution in [0.25, 0.3) is 0 Å². The van der Waals surface area contributed by atoms with Gasteiger partial charge < -0.3 is 19.5 Å². The molecule has 0 radical (unpaired) electrons. The van der Waals surface area contributed by atoms with Crippen LogP contribution in [0.15, 0.2) is 54.6 Å². The molecule has 3 rings (SSSR count). The van der Waals surface area contributed by atoms with Crippen molar-refractivity contribution in [1.29, 1.82) is 0 Å². The number of methoxy groups -OCH3 is 1. The van der Waals surface area contributed by atoms with E-state index in [9.17, 15) is 9.90 Å². The molecular formula is C22H27NO4. The van der Waals surface area contributed by atoms with Gasteiger partial charge in [-0.05, 0) is 37.0 Å². The van der Waals surface area contributed by atoms with Gasteiger partial charge in [0.2, 0.25) is 0 Å². The van der Waals surface area contributed by atoms with E-state index in [1.165, 1.54) is 5.56 Å². The molecule has 2 aromatic rings. The highest BCUT2D eigenvalue weighted by Gasteiger charge is 2.35. The highest BCUT2D eigenvalue weighted by atomic mass is 16.5. The van der Waals surface area contributed by atoms with Crippen molar-refractivity contribution in [2.45, 2.75) is 19.3 Å². The Hall–Kier alpha value is -2.53. The van der Waals surface area contributed by atoms with Gasteiger partial charge in [-0.25, -0.2) is 0 Å². The SMILES string of the molecule is COc1cccc(OCC(=O)N2CCC(CO)(Cc3ccccc3)CC2)c1. The first-order valence-corrected chi connectivity index (χ1v) is 9.33. The maximum absolute atomic E-state index is 12.5. The van der Waals surface area contributed by atoms with Gasteiger partial charge in [0.15, 0.2) is 6.61 Å². The molecule has 0 bridgehead atoms. The molecule has 1 amide bonds. The number of carbonyl (C=O) groups is 1. The number of carbonyl (C=O) groups excluding carboxylic acids is 1. The molecule has 5 heteroatoms. The Balaban J connectivity index is 1.52. The van der Waals surface area contributed by atoms with E-state index >= 15 is 0 Å². The lowest BCUT2D eigenvalue weighted by Crippen LogP contribution is -2.47. The molecule has 1 saturated heterocycles. The van der Waals surface area contributed by atoms with Gasteiger partial charge in [0.1, 0.15) is 11.5 Å². The predicted molar refractivity (Wildman–Crippen MR) is 104 cm³/mol. The van der Waals surface area contributed by atoms with Gasteiger partial charge in [0.05, 0.1) is 7.11 Å². The largest absolute Gasteiger partial charge is 0.497 e. The summed E-state index contributed by atoms with van der Waals surface area (Å²) < 4.78 is 10.8. The second-order valence-electron chi connectivity index (χ2n) is 7.17. The van der Waals surface area contributed by atoms with Gasteiger partial charge in [-0.1, -0.05) is 36.4 Å². The standard InChI is InChI=1S/C22H27NO4/c1-26-19-8-5-9-20(14-19)27-16-21(25)23-12-10-22(17-24,11-13-23)15-18-6-3-2-4-7-18/h2-9,14,24H,10-13,15-17H2,1H3. The molecule has 1 aliphatic rings. The molecule has 27 heavy (non-hydrogen) atoms. The number of aliphatic hydroxyl groups is 1. The molecule has 144 valence electrons. The summed E-state index contributed by atoms with van der Waals surface area (Å²) in [6, 6.07) is 17.5. The van der Waals surface area contributed by atoms with E-state index in [-0.39, 0.29) is 24.5 Å². The minimum Gasteiger partial charge on any atom is -0.497 e. The summed E-state index contributed by atoms with van der Waals surface area (Å²) in [4.78, 5) is 14.3. The third-order valence-electron chi connectivity index (χ3n) is 5.34. The Morgan fingerprint density at radius 2 is 1.78 bits per heavy atom. The topological polar surface area (TPSA) is 59.0 Å². The lowest BCUT2D eigenvalue weighted by atomic mass is 9.74. The molecule has 0 atom stereocenters. The van der Waals surface area contributed by atoms with Crippen LogP contribution in [0.3, 0.4) is 0 Å². The van der Waals surface area contributed by atoms with Crippen molar-refractivity contribution in [3.05, 3.63) is 60.2 Å². The van der Waals surface area contributed by atoms with Crippen LogP contribution in [0.4, 0.5) is 0 Å². The fourth-order valence-electron chi connectivity index (χ4n) is 3.58. The molecule has 0 spiro atoms. The molecule has 1 fully saturated rings. The number of nitrogens with zero attached hydrogens (tertiary/aromatic N) is 1. The van der Waals surface area contributed by atoms with Crippen LogP contribution in [0.1, 0.15) is 18.4 Å². The number of piperidine rings is 1. The second kappa shape index (κ2) is 8.91. The number of hydrogen-bond acceptors (Lipinski definition) is 4. The minimum absolute atomic E-state index is 0.0119. The molecular weight excluding hydrogens is 342 g/mol. The molecule has 2 aromatic carbocycles. The Labute approximate surface area is 160 Å². The van der Waals surface area contributed by atoms with E-state index in [2.05, 4.69) is 12.1 Å². The molecule has 1 aliphatic heterocycles. The van der Waals surface area contributed by atoms with E-state index < -0.39 is 0 Å². The number of benzene rings is 2. The smallest absolute Gasteiger partial charge is 0.260 e. The average molecular weight is 369 g/mol. The maximum Gasteiger partial charge on any atom is 0.260 e. The summed E-state index contributed by atoms with van der Waals surface area (Å²) >= 11 is 0. The van der Waals surface area contributed by atoms with Crippen molar-refractivity contribution in [3.8, 4) is 11.5 Å². The zero-order chi connectivity index (χ0) is 19.1. The average Bonchev–Trinajstić information content (AvgIpc) is 2.73. The molecule has 0 aromatic heterocycles. The van der Waals surface area contributed by atoms with Crippen molar-refractivity contribution < 1.29 is 19.4 Å². The number of aliphatic hydroxyl groups excluding tert-OH is 1. The normalized spacial score (nSPS) is 16.0. The Bertz CT molecular complexity index is 739. The first-order valence-electron chi connectivity index (χ1n) is 9.33. The predicted octanol–water partition coefficient (Wildman–Crippen LogP) is 2.92. The maximum atomic E-state index is 12.5. The molecule has 0 saturated carbocycles. The Morgan fingerprint density at radius 1 is 1.07 bits per heavy atom. The van der Waals surface area contributed by atoms with Crippen LogP contribution in [-0.4, -0.2) is 49.3 Å². The molecule has 5 nitrogen and oxygen atoms in total. The van der Waals surface area contributed by atoms with Gasteiger partial charge in [-0.2, -0.15) is 0 Å². The van der Waals surface area contributed by atoms with E-state index in [4.69, 9.17) is 9.47 Å². The monoisotopic (exact) mass is 369 g/mol. The number of amides is 1. The fourth-order valence-corrected chi connectivity index (χ4v) is 3.58. The van der Waals surface area contributed by atoms with Gasteiger partial charge in [-0.3, -0.25) is 4.79 Å². The summed E-state index contributed by atoms with van der Waals surface area (Å²) in [6.07, 6.45) is 2.43. The summed E-state index contributed by atoms with van der Waals surface area (Å²) in [5.41, 5.74) is 1.08. The summed E-state index contributed by atoms with van der Waals surface area (Å²) in [7, 11) is 1.60. The third kappa shape index (κ3) is 5.01. The Morgan fingerprint density at radius 3 is 2.44 bits per heavy atom. The van der Waals surface area contributed by atoms with Crippen molar-refractivity contribution >= 4 is 5.91 Å². The quantitative estimate of drug-likeness (QED) is 0.815. The third-order valence-corrected chi connectivity index (χ3v) is 5.34. The molecule has 1 N–H and O–H groups in total. The summed E-state index contributed by atoms with van der Waals surface area (Å²) in [5.74, 6) is 1.30. The number of hydrogen-bond donors (Lipinski definition) is 1. The highest BCUT2D eigenvalue weighted by Crippen LogP contribution is 2.34. The summed E-state index contributed by atoms with van der Waals surface area (Å²) in [6.45, 7) is 1.45. The van der Waals surface area contributed by atoms with E-state index in [0.29, 0.717) is 24.6 Å².